The van der Waals surface area contributed by atoms with Crippen molar-refractivity contribution in [1.82, 2.24) is 14.9 Å². The number of aromatic amines is 1. The number of hydrogen-bond acceptors (Lipinski definition) is 3. The van der Waals surface area contributed by atoms with Gasteiger partial charge < -0.3 is 14.6 Å². The number of hydrogen-bond donors (Lipinski definition) is 1. The molecule has 5 nitrogen and oxygen atoms in total. The number of H-pyrrole nitrogens is 1. The lowest BCUT2D eigenvalue weighted by molar-refractivity contribution is 0.0593. The van der Waals surface area contributed by atoms with Crippen LogP contribution < -0.4 is 4.74 Å². The number of nitrogens with zero attached hydrogens (tertiary/aromatic N) is 2. The summed E-state index contributed by atoms with van der Waals surface area (Å²) >= 11 is 0. The Balaban J connectivity index is 1.77. The molecule has 1 atom stereocenters. The summed E-state index contributed by atoms with van der Waals surface area (Å²) in [6, 6.07) is 12.0. The maximum Gasteiger partial charge on any atom is 0.259 e. The van der Waals surface area contributed by atoms with E-state index in [9.17, 15) is 4.79 Å². The van der Waals surface area contributed by atoms with Gasteiger partial charge in [0, 0.05) is 29.3 Å². The van der Waals surface area contributed by atoms with Gasteiger partial charge in [-0.1, -0.05) is 32.0 Å². The Labute approximate surface area is 159 Å². The zero-order chi connectivity index (χ0) is 19.0. The predicted octanol–water partition coefficient (Wildman–Crippen LogP) is 4.36. The molecule has 0 radical (unpaired) electrons. The van der Waals surface area contributed by atoms with Gasteiger partial charge in [0.1, 0.15) is 5.56 Å². The van der Waals surface area contributed by atoms with Crippen molar-refractivity contribution in [3.8, 4) is 5.88 Å². The summed E-state index contributed by atoms with van der Waals surface area (Å²) in [7, 11) is 0. The number of benzene rings is 1. The van der Waals surface area contributed by atoms with E-state index in [4.69, 9.17) is 4.74 Å². The number of para-hydroxylation sites is 1. The number of amides is 1. The quantitative estimate of drug-likeness (QED) is 0.749. The first kappa shape index (κ1) is 17.6. The number of rotatable bonds is 4. The number of carbonyl (C=O) groups excluding carboxylic acids is 1. The molecule has 0 unspecified atom stereocenters. The molecule has 0 saturated carbocycles. The molecule has 3 heterocycles. The zero-order valence-corrected chi connectivity index (χ0v) is 16.0. The molecule has 0 spiro atoms. The highest BCUT2D eigenvalue weighted by molar-refractivity contribution is 5.97. The van der Waals surface area contributed by atoms with E-state index < -0.39 is 0 Å². The van der Waals surface area contributed by atoms with Crippen LogP contribution in [0.1, 0.15) is 48.4 Å². The van der Waals surface area contributed by atoms with Crippen molar-refractivity contribution in [2.24, 2.45) is 5.92 Å². The van der Waals surface area contributed by atoms with Crippen molar-refractivity contribution in [2.75, 3.05) is 13.2 Å². The van der Waals surface area contributed by atoms with E-state index in [1.165, 1.54) is 10.9 Å². The monoisotopic (exact) mass is 363 g/mol. The standard InChI is InChI=1S/C22H25N3O2/c1-4-27-21-17(9-7-12-23-21)22(26)25-13-11-16-15-8-5-6-10-18(15)24-19(16)20(25)14(2)3/h5-10,12,14,20,24H,4,11,13H2,1-3H3/t20-/m0/s1. The maximum atomic E-state index is 13.4. The first-order valence-corrected chi connectivity index (χ1v) is 9.60. The van der Waals surface area contributed by atoms with Crippen molar-refractivity contribution >= 4 is 16.8 Å². The molecule has 140 valence electrons. The van der Waals surface area contributed by atoms with Crippen molar-refractivity contribution in [2.45, 2.75) is 33.2 Å². The molecule has 1 aromatic carbocycles. The van der Waals surface area contributed by atoms with Gasteiger partial charge in [0.25, 0.3) is 5.91 Å². The van der Waals surface area contributed by atoms with Gasteiger partial charge in [0.2, 0.25) is 5.88 Å². The van der Waals surface area contributed by atoms with Crippen LogP contribution in [-0.2, 0) is 6.42 Å². The number of nitrogens with one attached hydrogen (secondary N) is 1. The summed E-state index contributed by atoms with van der Waals surface area (Å²) in [6.45, 7) is 7.40. The molecule has 1 aliphatic heterocycles. The minimum absolute atomic E-state index is 0.00309. The number of ether oxygens (including phenoxy) is 1. The zero-order valence-electron chi connectivity index (χ0n) is 16.0. The average molecular weight is 363 g/mol. The van der Waals surface area contributed by atoms with Crippen LogP contribution >= 0.6 is 0 Å². The Morgan fingerprint density at radius 2 is 2.11 bits per heavy atom. The number of pyridine rings is 1. The SMILES string of the molecule is CCOc1ncccc1C(=O)N1CCc2c([nH]c3ccccc23)[C@@H]1C(C)C. The fourth-order valence-electron chi connectivity index (χ4n) is 4.15. The molecule has 0 aliphatic carbocycles. The third-order valence-corrected chi connectivity index (χ3v) is 5.26. The number of fused-ring (bicyclic) bond motifs is 3. The lowest BCUT2D eigenvalue weighted by atomic mass is 9.90. The second-order valence-electron chi connectivity index (χ2n) is 7.29. The van der Waals surface area contributed by atoms with Crippen LogP contribution in [-0.4, -0.2) is 33.9 Å². The Kier molecular flexibility index (Phi) is 4.60. The van der Waals surface area contributed by atoms with Crippen LogP contribution in [0.15, 0.2) is 42.6 Å². The minimum atomic E-state index is -0.0189. The van der Waals surface area contributed by atoms with Crippen molar-refractivity contribution in [3.63, 3.8) is 0 Å². The molecule has 2 aromatic heterocycles. The smallest absolute Gasteiger partial charge is 0.259 e. The number of aromatic nitrogens is 2. The van der Waals surface area contributed by atoms with Gasteiger partial charge in [-0.2, -0.15) is 0 Å². The van der Waals surface area contributed by atoms with Gasteiger partial charge in [-0.25, -0.2) is 4.98 Å². The van der Waals surface area contributed by atoms with Gasteiger partial charge in [0.05, 0.1) is 12.6 Å². The summed E-state index contributed by atoms with van der Waals surface area (Å²) < 4.78 is 5.60. The lowest BCUT2D eigenvalue weighted by Crippen LogP contribution is -2.42. The van der Waals surface area contributed by atoms with Crippen molar-refractivity contribution < 1.29 is 9.53 Å². The highest BCUT2D eigenvalue weighted by Gasteiger charge is 2.36. The van der Waals surface area contributed by atoms with E-state index in [0.717, 1.165) is 17.6 Å². The molecule has 0 saturated heterocycles. The van der Waals surface area contributed by atoms with E-state index in [1.54, 1.807) is 18.3 Å². The molecule has 5 heteroatoms. The molecule has 4 rings (SSSR count). The van der Waals surface area contributed by atoms with E-state index in [-0.39, 0.29) is 17.9 Å². The topological polar surface area (TPSA) is 58.2 Å². The molecule has 3 aromatic rings. The van der Waals surface area contributed by atoms with Crippen LogP contribution in [0.2, 0.25) is 0 Å². The molecule has 0 bridgehead atoms. The molecule has 27 heavy (non-hydrogen) atoms. The van der Waals surface area contributed by atoms with E-state index >= 15 is 0 Å². The van der Waals surface area contributed by atoms with Gasteiger partial charge in [-0.15, -0.1) is 0 Å². The number of carbonyl (C=O) groups is 1. The van der Waals surface area contributed by atoms with Crippen LogP contribution in [0.4, 0.5) is 0 Å². The summed E-state index contributed by atoms with van der Waals surface area (Å²) in [6.07, 6.45) is 2.51. The Morgan fingerprint density at radius 3 is 2.89 bits per heavy atom. The molecule has 1 aliphatic rings. The Bertz CT molecular complexity index is 977. The van der Waals surface area contributed by atoms with Gasteiger partial charge >= 0.3 is 0 Å². The third-order valence-electron chi connectivity index (χ3n) is 5.26. The van der Waals surface area contributed by atoms with Gasteiger partial charge in [-0.05, 0) is 43.0 Å². The molecular weight excluding hydrogens is 338 g/mol. The van der Waals surface area contributed by atoms with E-state index in [0.29, 0.717) is 24.6 Å². The van der Waals surface area contributed by atoms with Crippen molar-refractivity contribution in [3.05, 3.63) is 59.4 Å². The maximum absolute atomic E-state index is 13.4. The molecular formula is C22H25N3O2. The lowest BCUT2D eigenvalue weighted by Gasteiger charge is -2.38. The second kappa shape index (κ2) is 7.06. The van der Waals surface area contributed by atoms with Crippen LogP contribution in [0.25, 0.3) is 10.9 Å². The fraction of sp³-hybridized carbons (Fsp3) is 0.364. The van der Waals surface area contributed by atoms with Crippen molar-refractivity contribution in [1.29, 1.82) is 0 Å². The highest BCUT2D eigenvalue weighted by Crippen LogP contribution is 2.39. The van der Waals surface area contributed by atoms with Gasteiger partial charge in [-0.3, -0.25) is 4.79 Å². The second-order valence-corrected chi connectivity index (χ2v) is 7.29. The molecule has 1 N–H and O–H groups in total. The summed E-state index contributed by atoms with van der Waals surface area (Å²) in [5, 5.41) is 1.27. The van der Waals surface area contributed by atoms with E-state index in [1.807, 2.05) is 17.9 Å². The predicted molar refractivity (Wildman–Crippen MR) is 106 cm³/mol. The first-order chi connectivity index (χ1) is 13.1. The van der Waals surface area contributed by atoms with Crippen LogP contribution in [0, 0.1) is 5.92 Å². The highest BCUT2D eigenvalue weighted by atomic mass is 16.5. The first-order valence-electron chi connectivity index (χ1n) is 9.60. The normalized spacial score (nSPS) is 16.6. The molecule has 0 fully saturated rings. The fourth-order valence-corrected chi connectivity index (χ4v) is 4.15. The van der Waals surface area contributed by atoms with Gasteiger partial charge in [0.15, 0.2) is 0 Å². The van der Waals surface area contributed by atoms with Crippen LogP contribution in [0.5, 0.6) is 5.88 Å². The third kappa shape index (κ3) is 2.97. The summed E-state index contributed by atoms with van der Waals surface area (Å²) in [5.74, 6) is 0.679. The van der Waals surface area contributed by atoms with Crippen LogP contribution in [0.3, 0.4) is 0 Å². The Morgan fingerprint density at radius 1 is 1.30 bits per heavy atom. The average Bonchev–Trinajstić information content (AvgIpc) is 3.05. The largest absolute Gasteiger partial charge is 0.477 e. The minimum Gasteiger partial charge on any atom is -0.477 e. The summed E-state index contributed by atoms with van der Waals surface area (Å²) in [5.41, 5.74) is 4.17. The van der Waals surface area contributed by atoms with E-state index in [2.05, 4.69) is 42.0 Å². The molecule has 1 amide bonds. The Hall–Kier alpha value is -2.82. The summed E-state index contributed by atoms with van der Waals surface area (Å²) in [4.78, 5) is 23.2.